The lowest BCUT2D eigenvalue weighted by molar-refractivity contribution is -0.130. The van der Waals surface area contributed by atoms with Crippen LogP contribution in [-0.4, -0.2) is 49.2 Å². The smallest absolute Gasteiger partial charge is 0.242 e. The van der Waals surface area contributed by atoms with Gasteiger partial charge in [-0.05, 0) is 36.4 Å². The van der Waals surface area contributed by atoms with Gasteiger partial charge >= 0.3 is 0 Å². The predicted molar refractivity (Wildman–Crippen MR) is 104 cm³/mol. The van der Waals surface area contributed by atoms with Gasteiger partial charge < -0.3 is 14.5 Å². The fraction of sp³-hybridized carbons (Fsp3) is 0.263. The van der Waals surface area contributed by atoms with Crippen molar-refractivity contribution in [1.82, 2.24) is 4.90 Å². The monoisotopic (exact) mass is 390 g/mol. The van der Waals surface area contributed by atoms with E-state index in [1.165, 1.54) is 11.8 Å². The second-order valence-corrected chi connectivity index (χ2v) is 7.31. The fourth-order valence-electron chi connectivity index (χ4n) is 2.54. The Kier molecular flexibility index (Phi) is 6.06. The number of rotatable bonds is 6. The average molecular weight is 391 g/mol. The van der Waals surface area contributed by atoms with Crippen LogP contribution in [0.1, 0.15) is 0 Å². The number of benzene rings is 2. The molecule has 0 fully saturated rings. The highest BCUT2D eigenvalue weighted by Crippen LogP contribution is 2.34. The van der Waals surface area contributed by atoms with Crippen LogP contribution in [0.5, 0.6) is 5.75 Å². The summed E-state index contributed by atoms with van der Waals surface area (Å²) < 4.78 is 5.61. The first-order valence-corrected chi connectivity index (χ1v) is 9.55. The van der Waals surface area contributed by atoms with Gasteiger partial charge in [0.05, 0.1) is 18.0 Å². The second kappa shape index (κ2) is 8.47. The summed E-state index contributed by atoms with van der Waals surface area (Å²) in [5, 5.41) is 0.647. The number of halogens is 1. The topological polar surface area (TPSA) is 49.9 Å². The van der Waals surface area contributed by atoms with Gasteiger partial charge in [-0.25, -0.2) is 0 Å². The molecule has 0 radical (unpaired) electrons. The summed E-state index contributed by atoms with van der Waals surface area (Å²) in [5.74, 6) is 0.883. The van der Waals surface area contributed by atoms with Crippen LogP contribution in [0.2, 0.25) is 5.02 Å². The number of anilines is 1. The second-order valence-electron chi connectivity index (χ2n) is 5.85. The third kappa shape index (κ3) is 4.51. The Morgan fingerprint density at radius 1 is 1.23 bits per heavy atom. The first kappa shape index (κ1) is 18.6. The normalized spacial score (nSPS) is 13.3. The third-order valence-electron chi connectivity index (χ3n) is 4.04. The number of hydrogen-bond acceptors (Lipinski definition) is 4. The number of likely N-dealkylation sites (N-methyl/N-ethyl adjacent to an activating group) is 1. The van der Waals surface area contributed by atoms with E-state index in [1.807, 2.05) is 24.3 Å². The summed E-state index contributed by atoms with van der Waals surface area (Å²) in [4.78, 5) is 28.9. The van der Waals surface area contributed by atoms with Crippen molar-refractivity contribution >= 4 is 40.9 Å². The van der Waals surface area contributed by atoms with Crippen LogP contribution in [0.3, 0.4) is 0 Å². The van der Waals surface area contributed by atoms with Crippen molar-refractivity contribution in [2.24, 2.45) is 0 Å². The van der Waals surface area contributed by atoms with Gasteiger partial charge in [-0.2, -0.15) is 0 Å². The Morgan fingerprint density at radius 2 is 1.96 bits per heavy atom. The van der Waals surface area contributed by atoms with Crippen LogP contribution in [0.25, 0.3) is 0 Å². The van der Waals surface area contributed by atoms with Crippen molar-refractivity contribution in [3.05, 3.63) is 53.6 Å². The van der Waals surface area contributed by atoms with Crippen LogP contribution in [-0.2, 0) is 9.59 Å². The molecule has 26 heavy (non-hydrogen) atoms. The minimum atomic E-state index is -0.125. The van der Waals surface area contributed by atoms with E-state index in [1.54, 1.807) is 41.1 Å². The zero-order chi connectivity index (χ0) is 18.5. The molecule has 2 amide bonds. The molecule has 0 aromatic heterocycles. The highest BCUT2D eigenvalue weighted by Gasteiger charge is 2.27. The Balaban J connectivity index is 1.54. The fourth-order valence-corrected chi connectivity index (χ4v) is 3.60. The molecule has 0 saturated carbocycles. The molecule has 7 heteroatoms. The van der Waals surface area contributed by atoms with Gasteiger partial charge in [0, 0.05) is 17.0 Å². The number of ether oxygens (including phenoxy) is 1. The van der Waals surface area contributed by atoms with Crippen LogP contribution < -0.4 is 9.64 Å². The van der Waals surface area contributed by atoms with Crippen LogP contribution in [0.15, 0.2) is 53.4 Å². The molecule has 0 aliphatic carbocycles. The van der Waals surface area contributed by atoms with E-state index < -0.39 is 0 Å². The van der Waals surface area contributed by atoms with E-state index in [9.17, 15) is 9.59 Å². The van der Waals surface area contributed by atoms with Gasteiger partial charge in [-0.1, -0.05) is 23.7 Å². The molecule has 0 saturated heterocycles. The summed E-state index contributed by atoms with van der Waals surface area (Å²) in [5.41, 5.74) is 0.799. The lowest BCUT2D eigenvalue weighted by atomic mass is 10.2. The minimum Gasteiger partial charge on any atom is -0.492 e. The Hall–Kier alpha value is -2.18. The van der Waals surface area contributed by atoms with E-state index >= 15 is 0 Å². The zero-order valence-electron chi connectivity index (χ0n) is 14.4. The van der Waals surface area contributed by atoms with Crippen molar-refractivity contribution in [3.63, 3.8) is 0 Å². The molecule has 3 rings (SSSR count). The minimum absolute atomic E-state index is 0.0356. The Morgan fingerprint density at radius 3 is 2.73 bits per heavy atom. The van der Waals surface area contributed by atoms with Crippen LogP contribution in [0, 0.1) is 0 Å². The molecule has 1 aliphatic rings. The zero-order valence-corrected chi connectivity index (χ0v) is 15.9. The number of carbonyl (C=O) groups is 2. The largest absolute Gasteiger partial charge is 0.492 e. The molecule has 1 heterocycles. The first-order chi connectivity index (χ1) is 12.5. The number of hydrogen-bond donors (Lipinski definition) is 0. The van der Waals surface area contributed by atoms with Gasteiger partial charge in [0.2, 0.25) is 11.8 Å². The molecular weight excluding hydrogens is 372 g/mol. The van der Waals surface area contributed by atoms with Gasteiger partial charge in [0.1, 0.15) is 18.9 Å². The van der Waals surface area contributed by atoms with E-state index in [-0.39, 0.29) is 18.4 Å². The first-order valence-electron chi connectivity index (χ1n) is 8.19. The highest BCUT2D eigenvalue weighted by atomic mass is 35.5. The molecule has 2 aromatic rings. The van der Waals surface area contributed by atoms with E-state index in [0.717, 1.165) is 10.6 Å². The number of para-hydroxylation sites is 1. The third-order valence-corrected chi connectivity index (χ3v) is 5.34. The molecule has 0 spiro atoms. The quantitative estimate of drug-likeness (QED) is 0.759. The van der Waals surface area contributed by atoms with Crippen molar-refractivity contribution in [2.75, 3.05) is 37.4 Å². The summed E-state index contributed by atoms with van der Waals surface area (Å²) >= 11 is 7.34. The van der Waals surface area contributed by atoms with E-state index in [0.29, 0.717) is 29.7 Å². The van der Waals surface area contributed by atoms with Gasteiger partial charge in [-0.3, -0.25) is 9.59 Å². The maximum Gasteiger partial charge on any atom is 0.242 e. The molecular formula is C19H19ClN2O3S. The molecule has 2 aromatic carbocycles. The standard InChI is InChI=1S/C19H19ClN2O3S/c1-21(10-11-25-15-8-6-14(20)7-9-15)18(23)12-22-16-4-2-3-5-17(16)26-13-19(22)24/h2-9H,10-13H2,1H3. The van der Waals surface area contributed by atoms with Crippen molar-refractivity contribution in [2.45, 2.75) is 4.90 Å². The molecule has 0 bridgehead atoms. The summed E-state index contributed by atoms with van der Waals surface area (Å²) in [6.45, 7) is 0.831. The van der Waals surface area contributed by atoms with Crippen molar-refractivity contribution in [3.8, 4) is 5.75 Å². The highest BCUT2D eigenvalue weighted by molar-refractivity contribution is 8.00. The van der Waals surface area contributed by atoms with Gasteiger partial charge in [-0.15, -0.1) is 11.8 Å². The molecule has 5 nitrogen and oxygen atoms in total. The average Bonchev–Trinajstić information content (AvgIpc) is 2.65. The Labute approximate surface area is 161 Å². The number of nitrogens with zero attached hydrogens (tertiary/aromatic N) is 2. The lowest BCUT2D eigenvalue weighted by Gasteiger charge is -2.30. The molecule has 0 unspecified atom stereocenters. The van der Waals surface area contributed by atoms with Gasteiger partial charge in [0.25, 0.3) is 0 Å². The van der Waals surface area contributed by atoms with E-state index in [4.69, 9.17) is 16.3 Å². The number of fused-ring (bicyclic) bond motifs is 1. The van der Waals surface area contributed by atoms with Crippen LogP contribution in [0.4, 0.5) is 5.69 Å². The summed E-state index contributed by atoms with van der Waals surface area (Å²) in [7, 11) is 1.71. The Bertz CT molecular complexity index is 798. The maximum atomic E-state index is 12.5. The predicted octanol–water partition coefficient (Wildman–Crippen LogP) is 3.32. The molecule has 136 valence electrons. The molecule has 0 atom stereocenters. The summed E-state index contributed by atoms with van der Waals surface area (Å²) in [6, 6.07) is 14.7. The molecule has 0 N–H and O–H groups in total. The van der Waals surface area contributed by atoms with Gasteiger partial charge in [0.15, 0.2) is 0 Å². The lowest BCUT2D eigenvalue weighted by Crippen LogP contribution is -2.44. The maximum absolute atomic E-state index is 12.5. The number of carbonyl (C=O) groups excluding carboxylic acids is 2. The SMILES string of the molecule is CN(CCOc1ccc(Cl)cc1)C(=O)CN1C(=O)CSc2ccccc21. The van der Waals surface area contributed by atoms with Crippen LogP contribution >= 0.6 is 23.4 Å². The number of amides is 2. The van der Waals surface area contributed by atoms with Crippen molar-refractivity contribution in [1.29, 1.82) is 0 Å². The number of thioether (sulfide) groups is 1. The molecule has 1 aliphatic heterocycles. The van der Waals surface area contributed by atoms with E-state index in [2.05, 4.69) is 0 Å². The summed E-state index contributed by atoms with van der Waals surface area (Å²) in [6.07, 6.45) is 0. The van der Waals surface area contributed by atoms with Crippen molar-refractivity contribution < 1.29 is 14.3 Å².